The quantitative estimate of drug-likeness (QED) is 0.713. The highest BCUT2D eigenvalue weighted by molar-refractivity contribution is 5.79. The second-order valence-electron chi connectivity index (χ2n) is 8.43. The first-order valence-electron chi connectivity index (χ1n) is 11.4. The zero-order valence-corrected chi connectivity index (χ0v) is 17.8. The third kappa shape index (κ3) is 5.49. The smallest absolute Gasteiger partial charge is 0.225 e. The lowest BCUT2D eigenvalue weighted by Crippen LogP contribution is -2.41. The van der Waals surface area contributed by atoms with Gasteiger partial charge in [0.1, 0.15) is 0 Å². The number of benzene rings is 1. The van der Waals surface area contributed by atoms with Crippen LogP contribution >= 0.6 is 0 Å². The van der Waals surface area contributed by atoms with Crippen LogP contribution in [-0.2, 0) is 11.2 Å². The molecule has 1 aromatic carbocycles. The molecule has 6 nitrogen and oxygen atoms in total. The topological polar surface area (TPSA) is 61.4 Å². The Morgan fingerprint density at radius 2 is 1.63 bits per heavy atom. The van der Waals surface area contributed by atoms with Gasteiger partial charge in [0.05, 0.1) is 18.1 Å². The molecular formula is C24H33N5O. The van der Waals surface area contributed by atoms with Gasteiger partial charge < -0.3 is 15.1 Å². The molecule has 2 aliphatic heterocycles. The van der Waals surface area contributed by atoms with Gasteiger partial charge in [-0.05, 0) is 50.5 Å². The molecular weight excluding hydrogens is 374 g/mol. The van der Waals surface area contributed by atoms with Crippen LogP contribution in [0.4, 0.5) is 11.6 Å². The number of nitrogens with zero attached hydrogens (tertiary/aromatic N) is 4. The van der Waals surface area contributed by atoms with Crippen LogP contribution in [0.25, 0.3) is 0 Å². The van der Waals surface area contributed by atoms with Crippen molar-refractivity contribution in [1.82, 2.24) is 15.3 Å². The van der Waals surface area contributed by atoms with Crippen molar-refractivity contribution in [2.45, 2.75) is 44.9 Å². The van der Waals surface area contributed by atoms with E-state index in [1.807, 2.05) is 18.5 Å². The first kappa shape index (κ1) is 20.6. The summed E-state index contributed by atoms with van der Waals surface area (Å²) in [5.74, 6) is 1.18. The Bertz CT molecular complexity index is 781. The molecule has 6 heteroatoms. The molecule has 1 aromatic heterocycles. The fourth-order valence-corrected chi connectivity index (χ4v) is 4.43. The van der Waals surface area contributed by atoms with Crippen molar-refractivity contribution in [2.75, 3.05) is 42.5 Å². The van der Waals surface area contributed by atoms with Crippen molar-refractivity contribution in [3.8, 4) is 0 Å². The molecule has 0 aliphatic carbocycles. The predicted octanol–water partition coefficient (Wildman–Crippen LogP) is 3.43. The highest BCUT2D eigenvalue weighted by atomic mass is 16.1. The van der Waals surface area contributed by atoms with Gasteiger partial charge in [-0.25, -0.2) is 9.97 Å². The zero-order valence-electron chi connectivity index (χ0n) is 17.8. The van der Waals surface area contributed by atoms with Crippen LogP contribution in [0.15, 0.2) is 42.7 Å². The van der Waals surface area contributed by atoms with E-state index in [1.165, 1.54) is 24.8 Å². The monoisotopic (exact) mass is 407 g/mol. The number of amides is 1. The maximum absolute atomic E-state index is 12.5. The van der Waals surface area contributed by atoms with Gasteiger partial charge in [-0.2, -0.15) is 0 Å². The summed E-state index contributed by atoms with van der Waals surface area (Å²) in [5, 5.41) is 3.13. The number of carbonyl (C=O) groups is 1. The molecule has 3 heterocycles. The minimum atomic E-state index is 0.117. The van der Waals surface area contributed by atoms with Gasteiger partial charge in [0.2, 0.25) is 11.9 Å². The number of rotatable bonds is 7. The van der Waals surface area contributed by atoms with E-state index in [0.29, 0.717) is 0 Å². The Hall–Kier alpha value is -2.63. The maximum Gasteiger partial charge on any atom is 0.225 e. The van der Waals surface area contributed by atoms with Gasteiger partial charge in [-0.1, -0.05) is 30.3 Å². The van der Waals surface area contributed by atoms with Crippen LogP contribution in [0.5, 0.6) is 0 Å². The number of hydrogen-bond acceptors (Lipinski definition) is 5. The van der Waals surface area contributed by atoms with E-state index in [1.54, 1.807) is 0 Å². The fourth-order valence-electron chi connectivity index (χ4n) is 4.43. The minimum Gasteiger partial charge on any atom is -0.369 e. The standard InChI is InChI=1S/C24H33N5O/c30-23(25-13-7-10-20-8-3-1-4-9-20)21-11-16-28(17-12-21)22-18-26-24(27-19-22)29-14-5-2-6-15-29/h1,3-4,8-9,18-19,21H,2,5-7,10-17H2,(H,25,30). The van der Waals surface area contributed by atoms with E-state index in [2.05, 4.69) is 49.4 Å². The molecule has 0 unspecified atom stereocenters. The third-order valence-electron chi connectivity index (χ3n) is 6.28. The lowest BCUT2D eigenvalue weighted by Gasteiger charge is -2.33. The summed E-state index contributed by atoms with van der Waals surface area (Å²) in [5.41, 5.74) is 2.39. The molecule has 160 valence electrons. The van der Waals surface area contributed by atoms with Crippen molar-refractivity contribution in [3.05, 3.63) is 48.3 Å². The van der Waals surface area contributed by atoms with Crippen LogP contribution in [0, 0.1) is 5.92 Å². The highest BCUT2D eigenvalue weighted by Gasteiger charge is 2.25. The number of aryl methyl sites for hydroxylation is 1. The van der Waals surface area contributed by atoms with Crippen LogP contribution < -0.4 is 15.1 Å². The Kier molecular flexibility index (Phi) is 7.16. The van der Waals surface area contributed by atoms with Crippen LogP contribution in [0.3, 0.4) is 0 Å². The number of anilines is 2. The molecule has 0 atom stereocenters. The van der Waals surface area contributed by atoms with Crippen LogP contribution in [0.2, 0.25) is 0 Å². The second-order valence-corrected chi connectivity index (χ2v) is 8.43. The first-order valence-corrected chi connectivity index (χ1v) is 11.4. The van der Waals surface area contributed by atoms with E-state index < -0.39 is 0 Å². The van der Waals surface area contributed by atoms with Crippen molar-refractivity contribution in [2.24, 2.45) is 5.92 Å². The molecule has 1 N–H and O–H groups in total. The normalized spacial score (nSPS) is 17.7. The summed E-state index contributed by atoms with van der Waals surface area (Å²) in [6, 6.07) is 10.4. The summed E-state index contributed by atoms with van der Waals surface area (Å²) < 4.78 is 0. The molecule has 0 saturated carbocycles. The number of carbonyl (C=O) groups excluding carboxylic acids is 1. The van der Waals surface area contributed by atoms with E-state index in [9.17, 15) is 4.79 Å². The molecule has 1 amide bonds. The molecule has 0 radical (unpaired) electrons. The van der Waals surface area contributed by atoms with Crippen molar-refractivity contribution in [1.29, 1.82) is 0 Å². The SMILES string of the molecule is O=C(NCCCc1ccccc1)C1CCN(c2cnc(N3CCCCC3)nc2)CC1. The Labute approximate surface area is 179 Å². The van der Waals surface area contributed by atoms with E-state index in [4.69, 9.17) is 0 Å². The maximum atomic E-state index is 12.5. The summed E-state index contributed by atoms with van der Waals surface area (Å²) in [6.07, 6.45) is 11.4. The van der Waals surface area contributed by atoms with Crippen molar-refractivity contribution in [3.63, 3.8) is 0 Å². The summed E-state index contributed by atoms with van der Waals surface area (Å²) in [7, 11) is 0. The Balaban J connectivity index is 1.18. The Morgan fingerprint density at radius 1 is 0.933 bits per heavy atom. The summed E-state index contributed by atoms with van der Waals surface area (Å²) in [4.78, 5) is 26.3. The van der Waals surface area contributed by atoms with E-state index in [0.717, 1.165) is 70.0 Å². The van der Waals surface area contributed by atoms with Crippen LogP contribution in [-0.4, -0.2) is 48.6 Å². The number of aromatic nitrogens is 2. The van der Waals surface area contributed by atoms with Gasteiger partial charge >= 0.3 is 0 Å². The Morgan fingerprint density at radius 3 is 2.33 bits per heavy atom. The molecule has 2 saturated heterocycles. The average molecular weight is 408 g/mol. The molecule has 0 bridgehead atoms. The minimum absolute atomic E-state index is 0.117. The predicted molar refractivity (Wildman–Crippen MR) is 121 cm³/mol. The lowest BCUT2D eigenvalue weighted by atomic mass is 9.95. The van der Waals surface area contributed by atoms with Crippen molar-refractivity contribution >= 4 is 17.5 Å². The molecule has 2 fully saturated rings. The van der Waals surface area contributed by atoms with Crippen molar-refractivity contribution < 1.29 is 4.79 Å². The first-order chi connectivity index (χ1) is 14.8. The third-order valence-corrected chi connectivity index (χ3v) is 6.28. The zero-order chi connectivity index (χ0) is 20.6. The van der Waals surface area contributed by atoms with Gasteiger partial charge in [-0.3, -0.25) is 4.79 Å². The van der Waals surface area contributed by atoms with E-state index >= 15 is 0 Å². The number of nitrogens with one attached hydrogen (secondary N) is 1. The van der Waals surface area contributed by atoms with Gasteiger partial charge in [0.15, 0.2) is 0 Å². The summed E-state index contributed by atoms with van der Waals surface area (Å²) in [6.45, 7) is 4.64. The fraction of sp³-hybridized carbons (Fsp3) is 0.542. The average Bonchev–Trinajstić information content (AvgIpc) is 2.83. The largest absolute Gasteiger partial charge is 0.369 e. The van der Waals surface area contributed by atoms with Gasteiger partial charge in [-0.15, -0.1) is 0 Å². The second kappa shape index (κ2) is 10.4. The molecule has 4 rings (SSSR count). The number of piperidine rings is 2. The molecule has 2 aliphatic rings. The molecule has 2 aromatic rings. The van der Waals surface area contributed by atoms with E-state index in [-0.39, 0.29) is 11.8 Å². The molecule has 30 heavy (non-hydrogen) atoms. The lowest BCUT2D eigenvalue weighted by molar-refractivity contribution is -0.125. The van der Waals surface area contributed by atoms with Gasteiger partial charge in [0, 0.05) is 38.6 Å². The highest BCUT2D eigenvalue weighted by Crippen LogP contribution is 2.24. The number of hydrogen-bond donors (Lipinski definition) is 1. The van der Waals surface area contributed by atoms with Crippen LogP contribution in [0.1, 0.15) is 44.1 Å². The summed E-state index contributed by atoms with van der Waals surface area (Å²) >= 11 is 0. The van der Waals surface area contributed by atoms with Gasteiger partial charge in [0.25, 0.3) is 0 Å². The molecule has 0 spiro atoms.